The van der Waals surface area contributed by atoms with Gasteiger partial charge in [-0.25, -0.2) is 0 Å². The van der Waals surface area contributed by atoms with Gasteiger partial charge in [0.15, 0.2) is 0 Å². The molecule has 0 nitrogen and oxygen atoms in total. The maximum Gasteiger partial charge on any atom is 0.0737 e. The second-order valence-corrected chi connectivity index (χ2v) is 17.4. The molecule has 0 heterocycles. The van der Waals surface area contributed by atoms with Gasteiger partial charge in [0, 0.05) is 0 Å². The Morgan fingerprint density at radius 1 is 0.222 bits per heavy atom. The maximum atomic E-state index is 2.47. The minimum absolute atomic E-state index is 0.502. The molecule has 1 spiro atoms. The second kappa shape index (κ2) is 13.0. The van der Waals surface area contributed by atoms with E-state index in [4.69, 9.17) is 0 Å². The smallest absolute Gasteiger partial charge is 0.0622 e. The summed E-state index contributed by atoms with van der Waals surface area (Å²) in [4.78, 5) is 0. The van der Waals surface area contributed by atoms with E-state index < -0.39 is 5.41 Å². The molecule has 2 aliphatic rings. The molecule has 2 aliphatic carbocycles. The van der Waals surface area contributed by atoms with Gasteiger partial charge in [-0.15, -0.1) is 0 Å². The predicted molar refractivity (Wildman–Crippen MR) is 267 cm³/mol. The van der Waals surface area contributed by atoms with E-state index in [1.54, 1.807) is 0 Å². The fraction of sp³-hybridized carbons (Fsp3) is 0.0159. The van der Waals surface area contributed by atoms with E-state index >= 15 is 0 Å². The molecule has 12 aromatic carbocycles. The van der Waals surface area contributed by atoms with Crippen LogP contribution < -0.4 is 0 Å². The molecule has 12 aromatic rings. The number of fused-ring (bicyclic) bond motifs is 19. The summed E-state index contributed by atoms with van der Waals surface area (Å²) in [7, 11) is 0. The summed E-state index contributed by atoms with van der Waals surface area (Å²) in [6, 6.07) is 86.6. The van der Waals surface area contributed by atoms with Crippen LogP contribution in [-0.2, 0) is 5.41 Å². The molecule has 0 atom stereocenters. The first-order chi connectivity index (χ1) is 31.3. The van der Waals surface area contributed by atoms with Crippen molar-refractivity contribution in [3.05, 3.63) is 253 Å². The van der Waals surface area contributed by atoms with Crippen molar-refractivity contribution in [2.24, 2.45) is 0 Å². The highest BCUT2D eigenvalue weighted by Gasteiger charge is 2.53. The Morgan fingerprint density at radius 3 is 1.30 bits per heavy atom. The molecule has 0 saturated carbocycles. The SMILES string of the molecule is c1ccc(-c2cccc(-c3c4ccccc4c(-c4ccc5c6c(ccc5c4)-c4c(c5ccccc5c5ccccc45)C64c5ccccc5-c5ccccc54)c4ccccc34)c2)cc1. The summed E-state index contributed by atoms with van der Waals surface area (Å²) in [5.74, 6) is 0. The Bertz CT molecular complexity index is 3800. The van der Waals surface area contributed by atoms with Crippen LogP contribution in [0.2, 0.25) is 0 Å². The van der Waals surface area contributed by atoms with Gasteiger partial charge in [-0.1, -0.05) is 218 Å². The topological polar surface area (TPSA) is 0 Å². The molecular formula is C63H38. The zero-order valence-electron chi connectivity index (χ0n) is 34.4. The van der Waals surface area contributed by atoms with Crippen LogP contribution in [-0.4, -0.2) is 0 Å². The van der Waals surface area contributed by atoms with Gasteiger partial charge in [-0.2, -0.15) is 0 Å². The summed E-state index contributed by atoms with van der Waals surface area (Å²) in [6.45, 7) is 0. The molecule has 0 unspecified atom stereocenters. The van der Waals surface area contributed by atoms with Crippen LogP contribution >= 0.6 is 0 Å². The lowest BCUT2D eigenvalue weighted by molar-refractivity contribution is 0.809. The number of hydrogen-bond donors (Lipinski definition) is 0. The van der Waals surface area contributed by atoms with Gasteiger partial charge in [0.2, 0.25) is 0 Å². The molecule has 0 heteroatoms. The van der Waals surface area contributed by atoms with Crippen LogP contribution in [0.5, 0.6) is 0 Å². The number of hydrogen-bond acceptors (Lipinski definition) is 0. The van der Waals surface area contributed by atoms with E-state index in [9.17, 15) is 0 Å². The van der Waals surface area contributed by atoms with Gasteiger partial charge in [0.1, 0.15) is 0 Å². The molecule has 0 N–H and O–H groups in total. The average molecular weight is 795 g/mol. The van der Waals surface area contributed by atoms with Crippen molar-refractivity contribution in [3.63, 3.8) is 0 Å². The molecule has 0 aromatic heterocycles. The first kappa shape index (κ1) is 34.6. The van der Waals surface area contributed by atoms with E-state index in [1.807, 2.05) is 0 Å². The van der Waals surface area contributed by atoms with Gasteiger partial charge in [0.05, 0.1) is 5.41 Å². The Morgan fingerprint density at radius 2 is 0.683 bits per heavy atom. The van der Waals surface area contributed by atoms with Gasteiger partial charge in [-0.05, 0) is 144 Å². The van der Waals surface area contributed by atoms with Crippen LogP contribution in [0.25, 0.3) is 109 Å². The van der Waals surface area contributed by atoms with Gasteiger partial charge < -0.3 is 0 Å². The average Bonchev–Trinajstić information content (AvgIpc) is 3.84. The lowest BCUT2D eigenvalue weighted by Gasteiger charge is -2.32. The van der Waals surface area contributed by atoms with Crippen molar-refractivity contribution in [3.8, 4) is 55.6 Å². The monoisotopic (exact) mass is 794 g/mol. The van der Waals surface area contributed by atoms with Crippen molar-refractivity contribution in [2.45, 2.75) is 5.41 Å². The molecule has 290 valence electrons. The number of rotatable bonds is 3. The third-order valence-corrected chi connectivity index (χ3v) is 14.4. The normalized spacial score (nSPS) is 13.2. The standard InChI is InChI=1S/C63H38/c1-2-17-39(18-3-1)40-19-16-20-42(37-40)58-50-26-7-9-28-52(50)59(53-29-10-8-27-51(53)58)43-34-35-44-41(38-43)33-36-55-60-49-25-6-4-21-45(49)46-22-5-11-30-54(46)62(60)63(61(44)55)56-31-14-12-23-47(56)48-24-13-15-32-57(48)63/h1-38H. The van der Waals surface area contributed by atoms with E-state index in [-0.39, 0.29) is 0 Å². The fourth-order valence-electron chi connectivity index (χ4n) is 12.0. The largest absolute Gasteiger partial charge is 0.0737 e. The van der Waals surface area contributed by atoms with Gasteiger partial charge in [0.25, 0.3) is 0 Å². The van der Waals surface area contributed by atoms with E-state index in [0.717, 1.165) is 0 Å². The molecule has 0 fully saturated rings. The van der Waals surface area contributed by atoms with Crippen molar-refractivity contribution < 1.29 is 0 Å². The van der Waals surface area contributed by atoms with Crippen molar-refractivity contribution in [1.82, 2.24) is 0 Å². The van der Waals surface area contributed by atoms with E-state index in [0.29, 0.717) is 0 Å². The molecule has 0 saturated heterocycles. The highest BCUT2D eigenvalue weighted by Crippen LogP contribution is 2.66. The fourth-order valence-corrected chi connectivity index (χ4v) is 12.0. The summed E-state index contributed by atoms with van der Waals surface area (Å²) in [5.41, 5.74) is 17.8. The lowest BCUT2D eigenvalue weighted by Crippen LogP contribution is -2.26. The van der Waals surface area contributed by atoms with Crippen molar-refractivity contribution >= 4 is 53.9 Å². The summed E-state index contributed by atoms with van der Waals surface area (Å²) >= 11 is 0. The minimum Gasteiger partial charge on any atom is -0.0622 e. The number of benzene rings is 12. The highest BCUT2D eigenvalue weighted by molar-refractivity contribution is 6.24. The van der Waals surface area contributed by atoms with Gasteiger partial charge >= 0.3 is 0 Å². The highest BCUT2D eigenvalue weighted by atomic mass is 14.5. The third kappa shape index (κ3) is 4.60. The first-order valence-corrected chi connectivity index (χ1v) is 22.1. The summed E-state index contributed by atoms with van der Waals surface area (Å²) in [6.07, 6.45) is 0. The van der Waals surface area contributed by atoms with Crippen LogP contribution in [0.4, 0.5) is 0 Å². The third-order valence-electron chi connectivity index (χ3n) is 14.4. The van der Waals surface area contributed by atoms with E-state index in [2.05, 4.69) is 231 Å². The summed E-state index contributed by atoms with van der Waals surface area (Å²) < 4.78 is 0. The Labute approximate surface area is 366 Å². The first-order valence-electron chi connectivity index (χ1n) is 22.1. The quantitative estimate of drug-likeness (QED) is 0.123. The Hall–Kier alpha value is -8.06. The van der Waals surface area contributed by atoms with Crippen LogP contribution in [0, 0.1) is 0 Å². The molecular weight excluding hydrogens is 757 g/mol. The minimum atomic E-state index is -0.502. The Kier molecular flexibility index (Phi) is 7.13. The van der Waals surface area contributed by atoms with Crippen molar-refractivity contribution in [1.29, 1.82) is 0 Å². The lowest BCUT2D eigenvalue weighted by atomic mass is 9.68. The van der Waals surface area contributed by atoms with Crippen molar-refractivity contribution in [2.75, 3.05) is 0 Å². The van der Waals surface area contributed by atoms with Crippen LogP contribution in [0.1, 0.15) is 22.3 Å². The summed E-state index contributed by atoms with van der Waals surface area (Å²) in [5, 5.41) is 12.8. The maximum absolute atomic E-state index is 2.47. The molecule has 63 heavy (non-hydrogen) atoms. The Balaban J connectivity index is 1.07. The van der Waals surface area contributed by atoms with Crippen LogP contribution in [0.3, 0.4) is 0 Å². The van der Waals surface area contributed by atoms with E-state index in [1.165, 1.54) is 132 Å². The molecule has 14 rings (SSSR count). The molecule has 0 radical (unpaired) electrons. The zero-order valence-corrected chi connectivity index (χ0v) is 34.4. The molecule has 0 bridgehead atoms. The molecule has 0 amide bonds. The van der Waals surface area contributed by atoms with Gasteiger partial charge in [-0.3, -0.25) is 0 Å². The molecule has 0 aliphatic heterocycles. The second-order valence-electron chi connectivity index (χ2n) is 17.4. The zero-order chi connectivity index (χ0) is 41.2. The predicted octanol–water partition coefficient (Wildman–Crippen LogP) is 16.8. The van der Waals surface area contributed by atoms with Crippen LogP contribution in [0.15, 0.2) is 231 Å².